The van der Waals surface area contributed by atoms with Gasteiger partial charge in [-0.3, -0.25) is 4.68 Å². The van der Waals surface area contributed by atoms with Gasteiger partial charge in [-0.05, 0) is 29.8 Å². The molecule has 0 aliphatic rings. The van der Waals surface area contributed by atoms with E-state index in [2.05, 4.69) is 36.1 Å². The van der Waals surface area contributed by atoms with Crippen LogP contribution in [0.5, 0.6) is 0 Å². The zero-order valence-corrected chi connectivity index (χ0v) is 13.9. The molecule has 0 saturated heterocycles. The van der Waals surface area contributed by atoms with Gasteiger partial charge in [0, 0.05) is 31.9 Å². The fraction of sp³-hybridized carbons (Fsp3) is 0.500. The van der Waals surface area contributed by atoms with Gasteiger partial charge in [-0.1, -0.05) is 5.21 Å². The number of halogens is 1. The minimum Gasteiger partial charge on any atom is -0.272 e. The summed E-state index contributed by atoms with van der Waals surface area (Å²) in [7, 11) is -0.355. The van der Waals surface area contributed by atoms with Crippen molar-refractivity contribution in [3.05, 3.63) is 21.6 Å². The molecule has 8 nitrogen and oxygen atoms in total. The largest absolute Gasteiger partial charge is 0.272 e. The van der Waals surface area contributed by atoms with E-state index in [4.69, 9.17) is 0 Å². The van der Waals surface area contributed by atoms with Gasteiger partial charge in [-0.2, -0.15) is 5.10 Å². The van der Waals surface area contributed by atoms with Crippen LogP contribution in [0, 0.1) is 13.8 Å². The molecule has 2 rings (SSSR count). The zero-order valence-electron chi connectivity index (χ0n) is 11.5. The fourth-order valence-electron chi connectivity index (χ4n) is 1.92. The van der Waals surface area contributed by atoms with Crippen LogP contribution in [0.2, 0.25) is 0 Å². The number of rotatable bonds is 4. The van der Waals surface area contributed by atoms with Gasteiger partial charge < -0.3 is 0 Å². The summed E-state index contributed by atoms with van der Waals surface area (Å²) in [4.78, 5) is 0. The molecule has 0 bridgehead atoms. The smallest absolute Gasteiger partial charge is 0.260 e. The number of nitrogens with zero attached hydrogens (tertiary/aromatic N) is 5. The van der Waals surface area contributed by atoms with Crippen molar-refractivity contribution in [2.75, 3.05) is 0 Å². The van der Waals surface area contributed by atoms with Crippen molar-refractivity contribution in [2.24, 2.45) is 14.1 Å². The van der Waals surface area contributed by atoms with Gasteiger partial charge in [0.25, 0.3) is 10.0 Å². The van der Waals surface area contributed by atoms with Crippen molar-refractivity contribution in [1.29, 1.82) is 0 Å². The van der Waals surface area contributed by atoms with Crippen LogP contribution >= 0.6 is 15.9 Å². The molecule has 0 aliphatic heterocycles. The van der Waals surface area contributed by atoms with Gasteiger partial charge in [0.05, 0.1) is 5.69 Å². The highest BCUT2D eigenvalue weighted by molar-refractivity contribution is 9.10. The van der Waals surface area contributed by atoms with Crippen molar-refractivity contribution >= 4 is 26.0 Å². The number of nitrogens with one attached hydrogen (secondary N) is 1. The summed E-state index contributed by atoms with van der Waals surface area (Å²) >= 11 is 3.08. The van der Waals surface area contributed by atoms with E-state index in [1.54, 1.807) is 4.68 Å². The molecule has 1 N–H and O–H groups in total. The van der Waals surface area contributed by atoms with E-state index in [0.717, 1.165) is 17.0 Å². The third kappa shape index (κ3) is 2.63. The Bertz CT molecular complexity index is 729. The van der Waals surface area contributed by atoms with Crippen LogP contribution in [-0.4, -0.2) is 33.2 Å². The average Bonchev–Trinajstić information content (AvgIpc) is 2.79. The van der Waals surface area contributed by atoms with Gasteiger partial charge in [-0.25, -0.2) is 17.8 Å². The molecule has 0 spiro atoms. The van der Waals surface area contributed by atoms with Crippen molar-refractivity contribution < 1.29 is 8.42 Å². The standard InChI is InChI=1S/C10H15BrN6O2S/c1-6-8(7(2)16(3)14-6)5-12-20(18,19)10-9(11)13-15-17(10)4/h12H,5H2,1-4H3. The molecule has 0 aromatic carbocycles. The van der Waals surface area contributed by atoms with Gasteiger partial charge in [-0.15, -0.1) is 5.10 Å². The molecule has 0 atom stereocenters. The zero-order chi connectivity index (χ0) is 15.1. The van der Waals surface area contributed by atoms with Gasteiger partial charge in [0.2, 0.25) is 5.03 Å². The maximum atomic E-state index is 12.3. The summed E-state index contributed by atoms with van der Waals surface area (Å²) < 4.78 is 30.2. The summed E-state index contributed by atoms with van der Waals surface area (Å²) in [5, 5.41) is 11.6. The van der Waals surface area contributed by atoms with Crippen molar-refractivity contribution in [2.45, 2.75) is 25.4 Å². The Balaban J connectivity index is 2.27. The molecule has 2 heterocycles. The Morgan fingerprint density at radius 3 is 2.35 bits per heavy atom. The van der Waals surface area contributed by atoms with Gasteiger partial charge >= 0.3 is 0 Å². The summed E-state index contributed by atoms with van der Waals surface area (Å²) in [6, 6.07) is 0. The number of sulfonamides is 1. The van der Waals surface area contributed by atoms with Crippen molar-refractivity contribution in [1.82, 2.24) is 29.5 Å². The lowest BCUT2D eigenvalue weighted by Gasteiger charge is -2.07. The maximum Gasteiger partial charge on any atom is 0.260 e. The van der Waals surface area contributed by atoms with Crippen LogP contribution in [0.15, 0.2) is 9.63 Å². The highest BCUT2D eigenvalue weighted by Crippen LogP contribution is 2.19. The second kappa shape index (κ2) is 5.26. The van der Waals surface area contributed by atoms with Crippen LogP contribution < -0.4 is 4.72 Å². The molecule has 20 heavy (non-hydrogen) atoms. The molecule has 0 unspecified atom stereocenters. The fourth-order valence-corrected chi connectivity index (χ4v) is 4.00. The minimum atomic E-state index is -3.70. The van der Waals surface area contributed by atoms with E-state index in [-0.39, 0.29) is 16.2 Å². The van der Waals surface area contributed by atoms with Crippen LogP contribution in [0.1, 0.15) is 17.0 Å². The Morgan fingerprint density at radius 1 is 1.25 bits per heavy atom. The van der Waals surface area contributed by atoms with E-state index < -0.39 is 10.0 Å². The first-order valence-electron chi connectivity index (χ1n) is 5.78. The Labute approximate surface area is 125 Å². The molecule has 10 heteroatoms. The Kier molecular flexibility index (Phi) is 3.98. The molecule has 0 radical (unpaired) electrons. The van der Waals surface area contributed by atoms with Crippen LogP contribution in [0.3, 0.4) is 0 Å². The number of aromatic nitrogens is 5. The third-order valence-electron chi connectivity index (χ3n) is 3.09. The SMILES string of the molecule is Cc1nn(C)c(C)c1CNS(=O)(=O)c1c(Br)nnn1C. The first kappa shape index (κ1) is 15.1. The van der Waals surface area contributed by atoms with Gasteiger partial charge in [0.15, 0.2) is 4.60 Å². The van der Waals surface area contributed by atoms with Crippen LogP contribution in [0.25, 0.3) is 0 Å². The van der Waals surface area contributed by atoms with E-state index >= 15 is 0 Å². The summed E-state index contributed by atoms with van der Waals surface area (Å²) in [5.74, 6) is 0. The van der Waals surface area contributed by atoms with Crippen LogP contribution in [-0.2, 0) is 30.7 Å². The molecule has 2 aromatic rings. The Hall–Kier alpha value is -1.26. The molecule has 0 amide bonds. The van der Waals surface area contributed by atoms with E-state index in [1.807, 2.05) is 20.9 Å². The first-order chi connectivity index (χ1) is 9.24. The van der Waals surface area contributed by atoms with E-state index in [1.165, 1.54) is 11.7 Å². The Morgan fingerprint density at radius 2 is 1.90 bits per heavy atom. The highest BCUT2D eigenvalue weighted by atomic mass is 79.9. The lowest BCUT2D eigenvalue weighted by atomic mass is 10.2. The second-order valence-corrected chi connectivity index (χ2v) is 6.84. The summed E-state index contributed by atoms with van der Waals surface area (Å²) in [6.07, 6.45) is 0. The normalized spacial score (nSPS) is 12.1. The lowest BCUT2D eigenvalue weighted by Crippen LogP contribution is -2.26. The minimum absolute atomic E-state index is 0.00306. The van der Waals surface area contributed by atoms with E-state index in [9.17, 15) is 8.42 Å². The average molecular weight is 363 g/mol. The monoisotopic (exact) mass is 362 g/mol. The molecule has 0 saturated carbocycles. The predicted molar refractivity (Wildman–Crippen MR) is 75.4 cm³/mol. The third-order valence-corrected chi connectivity index (χ3v) is 5.38. The van der Waals surface area contributed by atoms with Gasteiger partial charge in [0.1, 0.15) is 0 Å². The second-order valence-electron chi connectivity index (χ2n) is 4.41. The molecule has 0 fully saturated rings. The van der Waals surface area contributed by atoms with E-state index in [0.29, 0.717) is 0 Å². The van der Waals surface area contributed by atoms with Crippen molar-refractivity contribution in [3.63, 3.8) is 0 Å². The lowest BCUT2D eigenvalue weighted by molar-refractivity contribution is 0.560. The first-order valence-corrected chi connectivity index (χ1v) is 8.05. The molecule has 2 aromatic heterocycles. The summed E-state index contributed by atoms with van der Waals surface area (Å²) in [5.41, 5.74) is 2.59. The topological polar surface area (TPSA) is 94.7 Å². The quantitative estimate of drug-likeness (QED) is 0.849. The molecule has 0 aliphatic carbocycles. The predicted octanol–water partition coefficient (Wildman–Crippen LogP) is 0.406. The maximum absolute atomic E-state index is 12.3. The molecule has 110 valence electrons. The molecular formula is C10H15BrN6O2S. The highest BCUT2D eigenvalue weighted by Gasteiger charge is 2.24. The van der Waals surface area contributed by atoms with Crippen LogP contribution in [0.4, 0.5) is 0 Å². The summed E-state index contributed by atoms with van der Waals surface area (Å²) in [6.45, 7) is 3.91. The number of hydrogen-bond acceptors (Lipinski definition) is 5. The number of hydrogen-bond donors (Lipinski definition) is 1. The van der Waals surface area contributed by atoms with Crippen molar-refractivity contribution in [3.8, 4) is 0 Å². The number of aryl methyl sites for hydroxylation is 3. The molecular weight excluding hydrogens is 348 g/mol.